The van der Waals surface area contributed by atoms with Crippen LogP contribution in [0.3, 0.4) is 0 Å². The quantitative estimate of drug-likeness (QED) is 0.357. The fraction of sp³-hybridized carbons (Fsp3) is 1.00. The second-order valence-corrected chi connectivity index (χ2v) is 2.61. The molecule has 0 spiro atoms. The first-order valence-electron chi connectivity index (χ1n) is 4.09. The normalized spacial score (nSPS) is 7.71. The van der Waals surface area contributed by atoms with Crippen molar-refractivity contribution in [3.05, 3.63) is 0 Å². The molecule has 0 aliphatic heterocycles. The molecule has 0 saturated carbocycles. The van der Waals surface area contributed by atoms with E-state index in [-0.39, 0.29) is 67.0 Å². The molecule has 0 rings (SSSR count). The fourth-order valence-electron chi connectivity index (χ4n) is 1.34. The molecule has 14 heavy (non-hydrogen) atoms. The first-order valence-corrected chi connectivity index (χ1v) is 4.09. The van der Waals surface area contributed by atoms with E-state index >= 15 is 0 Å². The van der Waals surface area contributed by atoms with Crippen LogP contribution in [0.2, 0.25) is 0 Å². The second kappa shape index (κ2) is 20.1. The van der Waals surface area contributed by atoms with E-state index in [0.29, 0.717) is 0 Å². The van der Waals surface area contributed by atoms with Crippen molar-refractivity contribution in [1.29, 1.82) is 0 Å². The summed E-state index contributed by atoms with van der Waals surface area (Å²) in [5.74, 6) is 0. The Labute approximate surface area is 125 Å². The zero-order chi connectivity index (χ0) is 7.33. The Morgan fingerprint density at radius 1 is 0.571 bits per heavy atom. The van der Waals surface area contributed by atoms with Gasteiger partial charge in [-0.2, -0.15) is 0 Å². The summed E-state index contributed by atoms with van der Waals surface area (Å²) in [7, 11) is 0. The minimum absolute atomic E-state index is 0. The Kier molecular flexibility index (Phi) is 51.8. The Balaban J connectivity index is -0.0000000320. The van der Waals surface area contributed by atoms with Gasteiger partial charge >= 0.3 is 17.4 Å². The first-order chi connectivity index (χ1) is 4.24. The molecule has 0 atom stereocenters. The third-order valence-corrected chi connectivity index (χ3v) is 2.68. The number of quaternary nitrogens is 1. The summed E-state index contributed by atoms with van der Waals surface area (Å²) in [4.78, 5) is 0. The van der Waals surface area contributed by atoms with Crippen LogP contribution in [0.15, 0.2) is 0 Å². The second-order valence-electron chi connectivity index (χ2n) is 2.61. The largest absolute Gasteiger partial charge is 3.00 e. The van der Waals surface area contributed by atoms with E-state index in [1.165, 1.54) is 30.7 Å². The van der Waals surface area contributed by atoms with Crippen LogP contribution in [-0.4, -0.2) is 48.0 Å². The maximum Gasteiger partial charge on any atom is 3.00 e. The standard InChI is InChI=1S/C8H20N.Al.4ClH/c1-5-9(6-2,7-3)8-4;;;;;/h5-8H2,1-4H3;;4*1H/q+1;+3;;;;/p-4. The molecule has 0 N–H and O–H groups in total. The van der Waals surface area contributed by atoms with Gasteiger partial charge in [0.05, 0.1) is 26.2 Å². The minimum Gasteiger partial charge on any atom is -1.00 e. The van der Waals surface area contributed by atoms with Gasteiger partial charge in [0.2, 0.25) is 0 Å². The van der Waals surface area contributed by atoms with Gasteiger partial charge in [-0.3, -0.25) is 0 Å². The van der Waals surface area contributed by atoms with Gasteiger partial charge < -0.3 is 54.1 Å². The summed E-state index contributed by atoms with van der Waals surface area (Å²) >= 11 is 0. The Morgan fingerprint density at radius 2 is 0.714 bits per heavy atom. The van der Waals surface area contributed by atoms with Gasteiger partial charge in [0.25, 0.3) is 0 Å². The molecule has 0 amide bonds. The van der Waals surface area contributed by atoms with Gasteiger partial charge in [-0.15, -0.1) is 0 Å². The molecule has 0 aromatic carbocycles. The van der Waals surface area contributed by atoms with Gasteiger partial charge in [-0.25, -0.2) is 0 Å². The molecule has 0 saturated heterocycles. The maximum absolute atomic E-state index is 2.27. The first kappa shape index (κ1) is 36.1. The molecule has 88 valence electrons. The maximum atomic E-state index is 2.27. The van der Waals surface area contributed by atoms with E-state index in [2.05, 4.69) is 27.7 Å². The third-order valence-electron chi connectivity index (χ3n) is 2.68. The average Bonchev–Trinajstić information content (AvgIpc) is 1.95. The summed E-state index contributed by atoms with van der Waals surface area (Å²) in [6, 6.07) is 0. The van der Waals surface area contributed by atoms with Crippen LogP contribution in [0.1, 0.15) is 27.7 Å². The summed E-state index contributed by atoms with van der Waals surface area (Å²) in [6.07, 6.45) is 0. The summed E-state index contributed by atoms with van der Waals surface area (Å²) in [5.41, 5.74) is 0. The van der Waals surface area contributed by atoms with Crippen LogP contribution in [0.25, 0.3) is 0 Å². The number of rotatable bonds is 4. The summed E-state index contributed by atoms with van der Waals surface area (Å²) in [5, 5.41) is 0. The summed E-state index contributed by atoms with van der Waals surface area (Å²) < 4.78 is 1.28. The predicted molar refractivity (Wildman–Crippen MR) is 48.2 cm³/mol. The zero-order valence-corrected chi connectivity index (χ0v) is 13.5. The molecule has 0 aliphatic rings. The number of halogens is 4. The monoisotopic (exact) mass is 297 g/mol. The van der Waals surface area contributed by atoms with E-state index in [1.807, 2.05) is 0 Å². The van der Waals surface area contributed by atoms with Gasteiger partial charge in [-0.1, -0.05) is 0 Å². The van der Waals surface area contributed by atoms with Crippen LogP contribution >= 0.6 is 0 Å². The molecule has 0 aromatic rings. The van der Waals surface area contributed by atoms with Gasteiger partial charge in [0.1, 0.15) is 0 Å². The van der Waals surface area contributed by atoms with Crippen LogP contribution in [0, 0.1) is 0 Å². The molecule has 0 bridgehead atoms. The number of hydrogen-bond acceptors (Lipinski definition) is 0. The Hall–Kier alpha value is 1.65. The minimum atomic E-state index is 0. The van der Waals surface area contributed by atoms with Crippen LogP contribution in [0.4, 0.5) is 0 Å². The number of nitrogens with zero attached hydrogens (tertiary/aromatic N) is 1. The van der Waals surface area contributed by atoms with Crippen molar-refractivity contribution in [3.63, 3.8) is 0 Å². The van der Waals surface area contributed by atoms with Crippen molar-refractivity contribution >= 4 is 17.4 Å². The molecular weight excluding hydrogens is 279 g/mol. The fourth-order valence-corrected chi connectivity index (χ4v) is 1.34. The molecule has 0 radical (unpaired) electrons. The molecule has 0 fully saturated rings. The molecule has 0 unspecified atom stereocenters. The van der Waals surface area contributed by atoms with Gasteiger partial charge in [-0.05, 0) is 27.7 Å². The molecule has 1 nitrogen and oxygen atoms in total. The van der Waals surface area contributed by atoms with Crippen molar-refractivity contribution in [2.24, 2.45) is 0 Å². The zero-order valence-electron chi connectivity index (χ0n) is 9.36. The smallest absolute Gasteiger partial charge is 1.00 e. The van der Waals surface area contributed by atoms with Crippen LogP contribution < -0.4 is 49.6 Å². The molecule has 0 aliphatic carbocycles. The predicted octanol–water partition coefficient (Wildman–Crippen LogP) is -10.5. The topological polar surface area (TPSA) is 0 Å². The third kappa shape index (κ3) is 11.7. The SMILES string of the molecule is CC[N+](CC)(CC)CC.[Al+3].[Cl-].[Cl-].[Cl-].[Cl-]. The van der Waals surface area contributed by atoms with E-state index in [1.54, 1.807) is 0 Å². The van der Waals surface area contributed by atoms with E-state index in [0.717, 1.165) is 0 Å². The van der Waals surface area contributed by atoms with E-state index in [9.17, 15) is 0 Å². The molecular formula is C8H20AlCl4N. The van der Waals surface area contributed by atoms with Gasteiger partial charge in [0, 0.05) is 0 Å². The van der Waals surface area contributed by atoms with Crippen molar-refractivity contribution in [2.75, 3.05) is 26.2 Å². The van der Waals surface area contributed by atoms with Crippen molar-refractivity contribution < 1.29 is 54.1 Å². The summed E-state index contributed by atoms with van der Waals surface area (Å²) in [6.45, 7) is 14.2. The molecule has 0 heterocycles. The van der Waals surface area contributed by atoms with Crippen LogP contribution in [-0.2, 0) is 0 Å². The van der Waals surface area contributed by atoms with Gasteiger partial charge in [0.15, 0.2) is 0 Å². The van der Waals surface area contributed by atoms with Crippen LogP contribution in [0.5, 0.6) is 0 Å². The molecule has 0 aromatic heterocycles. The average molecular weight is 299 g/mol. The van der Waals surface area contributed by atoms with E-state index in [4.69, 9.17) is 0 Å². The van der Waals surface area contributed by atoms with Crippen molar-refractivity contribution in [1.82, 2.24) is 0 Å². The number of hydrogen-bond donors (Lipinski definition) is 0. The Bertz CT molecular complexity index is 64.2. The van der Waals surface area contributed by atoms with Crippen molar-refractivity contribution in [2.45, 2.75) is 27.7 Å². The molecule has 6 heteroatoms. The van der Waals surface area contributed by atoms with E-state index < -0.39 is 0 Å². The Morgan fingerprint density at radius 3 is 0.714 bits per heavy atom. The van der Waals surface area contributed by atoms with Crippen molar-refractivity contribution in [3.8, 4) is 0 Å².